The van der Waals surface area contributed by atoms with Gasteiger partial charge in [-0.1, -0.05) is 12.1 Å². The summed E-state index contributed by atoms with van der Waals surface area (Å²) in [6.45, 7) is 4.84. The van der Waals surface area contributed by atoms with Crippen LogP contribution in [0.25, 0.3) is 16.6 Å². The van der Waals surface area contributed by atoms with E-state index < -0.39 is 5.54 Å². The number of piperazine rings is 1. The van der Waals surface area contributed by atoms with Crippen molar-refractivity contribution < 1.29 is 9.50 Å². The Morgan fingerprint density at radius 2 is 1.61 bits per heavy atom. The summed E-state index contributed by atoms with van der Waals surface area (Å²) in [6.07, 6.45) is 12.3. The number of aliphatic hydroxyl groups excluding tert-OH is 1. The number of hydrogen-bond donors (Lipinski definition) is 2. The number of benzene rings is 1. The van der Waals surface area contributed by atoms with Crippen molar-refractivity contribution >= 4 is 17.3 Å². The highest BCUT2D eigenvalue weighted by Crippen LogP contribution is 2.34. The van der Waals surface area contributed by atoms with Gasteiger partial charge in [-0.3, -0.25) is 4.68 Å². The van der Waals surface area contributed by atoms with E-state index in [1.807, 2.05) is 34.7 Å². The van der Waals surface area contributed by atoms with Gasteiger partial charge in [-0.2, -0.15) is 10.2 Å². The fourth-order valence-electron chi connectivity index (χ4n) is 5.59. The summed E-state index contributed by atoms with van der Waals surface area (Å²) < 4.78 is 17.1. The number of fused-ring (bicyclic) bond motifs is 1. The van der Waals surface area contributed by atoms with Gasteiger partial charge in [0.25, 0.3) is 0 Å². The SMILES string of the molecule is CC(N)(c1ccc(F)cc1)c1cnc(N2CCN(c3ncnn4cc(-c5cnn([C@H]6CC[C@@H]6O)c5)cc34)CC2)nc1. The van der Waals surface area contributed by atoms with Crippen LogP contribution in [0, 0.1) is 5.82 Å². The summed E-state index contributed by atoms with van der Waals surface area (Å²) in [5.41, 5.74) is 10.2. The lowest BCUT2D eigenvalue weighted by molar-refractivity contribution is 0.0254. The first-order chi connectivity index (χ1) is 19.9. The predicted octanol–water partition coefficient (Wildman–Crippen LogP) is 2.77. The van der Waals surface area contributed by atoms with Crippen molar-refractivity contribution in [2.24, 2.45) is 5.73 Å². The molecule has 1 unspecified atom stereocenters. The van der Waals surface area contributed by atoms with Gasteiger partial charge in [-0.05, 0) is 43.5 Å². The largest absolute Gasteiger partial charge is 0.391 e. The van der Waals surface area contributed by atoms with Gasteiger partial charge in [0.05, 0.1) is 23.9 Å². The highest BCUT2D eigenvalue weighted by Gasteiger charge is 2.31. The summed E-state index contributed by atoms with van der Waals surface area (Å²) in [4.78, 5) is 18.3. The van der Waals surface area contributed by atoms with Crippen molar-refractivity contribution in [1.29, 1.82) is 0 Å². The molecule has 0 amide bonds. The second-order valence-electron chi connectivity index (χ2n) is 11.0. The molecular formula is C29H31FN10O. The molecule has 210 valence electrons. The molecule has 3 N–H and O–H groups in total. The van der Waals surface area contributed by atoms with Gasteiger partial charge < -0.3 is 20.6 Å². The lowest BCUT2D eigenvalue weighted by Gasteiger charge is -2.35. The van der Waals surface area contributed by atoms with E-state index in [2.05, 4.69) is 41.0 Å². The van der Waals surface area contributed by atoms with Crippen LogP contribution in [0.15, 0.2) is 67.6 Å². The third-order valence-electron chi connectivity index (χ3n) is 8.41. The van der Waals surface area contributed by atoms with Gasteiger partial charge in [-0.25, -0.2) is 23.9 Å². The number of anilines is 2. The number of nitrogens with zero attached hydrogens (tertiary/aromatic N) is 9. The van der Waals surface area contributed by atoms with Crippen LogP contribution in [-0.2, 0) is 5.54 Å². The molecule has 0 spiro atoms. The molecule has 1 saturated heterocycles. The second-order valence-corrected chi connectivity index (χ2v) is 11.0. The lowest BCUT2D eigenvalue weighted by Crippen LogP contribution is -2.47. The molecule has 1 aliphatic carbocycles. The molecule has 0 radical (unpaired) electrons. The molecule has 1 saturated carbocycles. The molecule has 5 aromatic rings. The van der Waals surface area contributed by atoms with Gasteiger partial charge in [0.2, 0.25) is 5.95 Å². The van der Waals surface area contributed by atoms with Crippen LogP contribution in [0.2, 0.25) is 0 Å². The molecule has 3 atom stereocenters. The van der Waals surface area contributed by atoms with E-state index in [9.17, 15) is 9.50 Å². The third-order valence-corrected chi connectivity index (χ3v) is 8.41. The second kappa shape index (κ2) is 9.89. The topological polar surface area (TPSA) is 127 Å². The number of nitrogens with two attached hydrogens (primary N) is 1. The maximum Gasteiger partial charge on any atom is 0.225 e. The smallest absolute Gasteiger partial charge is 0.225 e. The Kier molecular flexibility index (Phi) is 6.16. The van der Waals surface area contributed by atoms with Crippen molar-refractivity contribution in [3.05, 3.63) is 84.6 Å². The normalized spacial score (nSPS) is 20.7. The van der Waals surface area contributed by atoms with Crippen molar-refractivity contribution in [2.75, 3.05) is 36.0 Å². The summed E-state index contributed by atoms with van der Waals surface area (Å²) in [5.74, 6) is 1.23. The number of hydrogen-bond acceptors (Lipinski definition) is 9. The van der Waals surface area contributed by atoms with E-state index in [1.54, 1.807) is 30.9 Å². The Balaban J connectivity index is 1.05. The van der Waals surface area contributed by atoms with Crippen LogP contribution in [0.3, 0.4) is 0 Å². The molecule has 1 aliphatic heterocycles. The third kappa shape index (κ3) is 4.58. The summed E-state index contributed by atoms with van der Waals surface area (Å²) in [7, 11) is 0. The minimum Gasteiger partial charge on any atom is -0.391 e. The first kappa shape index (κ1) is 25.5. The number of halogens is 1. The van der Waals surface area contributed by atoms with Crippen molar-refractivity contribution in [3.63, 3.8) is 0 Å². The molecule has 7 rings (SSSR count). The molecule has 5 heterocycles. The van der Waals surface area contributed by atoms with Crippen molar-refractivity contribution in [2.45, 2.75) is 37.5 Å². The van der Waals surface area contributed by atoms with Crippen molar-refractivity contribution in [1.82, 2.24) is 34.3 Å². The van der Waals surface area contributed by atoms with E-state index in [4.69, 9.17) is 5.73 Å². The highest BCUT2D eigenvalue weighted by molar-refractivity contribution is 5.77. The Bertz CT molecular complexity index is 1670. The van der Waals surface area contributed by atoms with Crippen LogP contribution in [0.5, 0.6) is 0 Å². The fraction of sp³-hybridized carbons (Fsp3) is 0.345. The zero-order chi connectivity index (χ0) is 28.1. The standard InChI is InChI=1S/C29H31FN10O/c1-29(31,21-2-4-23(30)5-3-21)22-14-32-28(33-15-22)38-10-8-37(9-11-38)27-25-12-19(16-40(25)36-18-34-27)20-13-35-39(17-20)24-6-7-26(24)41/h2-5,12-18,24,26,41H,6-11,31H2,1H3/t24-,26-,29?/m0/s1. The van der Waals surface area contributed by atoms with E-state index in [0.717, 1.165) is 72.6 Å². The highest BCUT2D eigenvalue weighted by atomic mass is 19.1. The van der Waals surface area contributed by atoms with E-state index in [1.165, 1.54) is 12.1 Å². The van der Waals surface area contributed by atoms with Gasteiger partial charge in [0.15, 0.2) is 5.82 Å². The average Bonchev–Trinajstić information content (AvgIpc) is 3.64. The van der Waals surface area contributed by atoms with Gasteiger partial charge in [0, 0.05) is 67.7 Å². The Labute approximate surface area is 236 Å². The predicted molar refractivity (Wildman–Crippen MR) is 152 cm³/mol. The Morgan fingerprint density at radius 1 is 0.878 bits per heavy atom. The fourth-order valence-corrected chi connectivity index (χ4v) is 5.59. The minimum absolute atomic E-state index is 0.0576. The molecule has 41 heavy (non-hydrogen) atoms. The first-order valence-electron chi connectivity index (χ1n) is 13.8. The average molecular weight is 555 g/mol. The van der Waals surface area contributed by atoms with Gasteiger partial charge >= 0.3 is 0 Å². The molecule has 4 aromatic heterocycles. The minimum atomic E-state index is -0.837. The van der Waals surface area contributed by atoms with Gasteiger partial charge in [0.1, 0.15) is 17.7 Å². The number of rotatable bonds is 6. The number of aliphatic hydroxyl groups is 1. The molecule has 0 bridgehead atoms. The Hall–Kier alpha value is -4.42. The van der Waals surface area contributed by atoms with Crippen LogP contribution in [0.1, 0.15) is 36.9 Å². The molecular weight excluding hydrogens is 523 g/mol. The van der Waals surface area contributed by atoms with Crippen LogP contribution in [0.4, 0.5) is 16.2 Å². The molecule has 2 fully saturated rings. The van der Waals surface area contributed by atoms with Crippen molar-refractivity contribution in [3.8, 4) is 11.1 Å². The van der Waals surface area contributed by atoms with E-state index in [0.29, 0.717) is 5.95 Å². The maximum atomic E-state index is 13.4. The van der Waals surface area contributed by atoms with Gasteiger partial charge in [-0.15, -0.1) is 0 Å². The maximum absolute atomic E-state index is 13.4. The number of aromatic nitrogens is 7. The molecule has 1 aromatic carbocycles. The first-order valence-corrected chi connectivity index (χ1v) is 13.8. The van der Waals surface area contributed by atoms with Crippen LogP contribution < -0.4 is 15.5 Å². The van der Waals surface area contributed by atoms with E-state index in [-0.39, 0.29) is 18.0 Å². The molecule has 2 aliphatic rings. The zero-order valence-corrected chi connectivity index (χ0v) is 22.7. The monoisotopic (exact) mass is 554 g/mol. The van der Waals surface area contributed by atoms with E-state index >= 15 is 0 Å². The lowest BCUT2D eigenvalue weighted by atomic mass is 9.87. The van der Waals surface area contributed by atoms with Crippen LogP contribution >= 0.6 is 0 Å². The van der Waals surface area contributed by atoms with Crippen LogP contribution in [-0.4, -0.2) is 71.7 Å². The summed E-state index contributed by atoms with van der Waals surface area (Å²) in [6, 6.07) is 8.34. The Morgan fingerprint density at radius 3 is 2.29 bits per heavy atom. The molecule has 11 nitrogen and oxygen atoms in total. The summed E-state index contributed by atoms with van der Waals surface area (Å²) in [5, 5.41) is 18.9. The molecule has 12 heteroatoms. The zero-order valence-electron chi connectivity index (χ0n) is 22.7. The quantitative estimate of drug-likeness (QED) is 0.326. The summed E-state index contributed by atoms with van der Waals surface area (Å²) >= 11 is 0.